The molecule has 1 atom stereocenters. The van der Waals surface area contributed by atoms with Crippen LogP contribution in [0.1, 0.15) is 43.1 Å². The average Bonchev–Trinajstić information content (AvgIpc) is 3.10. The lowest BCUT2D eigenvalue weighted by atomic mass is 10.1. The van der Waals surface area contributed by atoms with E-state index in [-0.39, 0.29) is 0 Å². The van der Waals surface area contributed by atoms with Crippen LogP contribution in [-0.4, -0.2) is 31.4 Å². The molecule has 102 valence electrons. The molecule has 3 heterocycles. The molecule has 6 heteroatoms. The van der Waals surface area contributed by atoms with Gasteiger partial charge in [-0.3, -0.25) is 4.90 Å². The maximum Gasteiger partial charge on any atom is 0.141 e. The molecule has 6 nitrogen and oxygen atoms in total. The monoisotopic (exact) mass is 261 g/mol. The Morgan fingerprint density at radius 1 is 1.47 bits per heavy atom. The van der Waals surface area contributed by atoms with Crippen molar-refractivity contribution in [3.8, 4) is 0 Å². The van der Waals surface area contributed by atoms with Gasteiger partial charge in [0.05, 0.1) is 12.6 Å². The summed E-state index contributed by atoms with van der Waals surface area (Å²) in [5, 5.41) is 8.38. The smallest absolute Gasteiger partial charge is 0.141 e. The first kappa shape index (κ1) is 12.3. The molecule has 2 aromatic heterocycles. The van der Waals surface area contributed by atoms with E-state index in [1.807, 2.05) is 17.7 Å². The van der Waals surface area contributed by atoms with E-state index in [1.165, 1.54) is 6.42 Å². The first-order chi connectivity index (χ1) is 9.28. The third-order valence-corrected chi connectivity index (χ3v) is 3.69. The molecular weight excluding hydrogens is 242 g/mol. The van der Waals surface area contributed by atoms with Gasteiger partial charge in [-0.25, -0.2) is 9.67 Å². The van der Waals surface area contributed by atoms with Crippen LogP contribution in [0.3, 0.4) is 0 Å². The molecule has 0 saturated carbocycles. The standard InChI is InChI=1S/C13H19N5O/c1-3-18-13(14-9-15-18)8-17-6-4-5-12(17)11-7-10(2)19-16-11/h7,9,12H,3-6,8H2,1-2H3. The van der Waals surface area contributed by atoms with Gasteiger partial charge in [-0.1, -0.05) is 5.16 Å². The number of aromatic nitrogens is 4. The molecular formula is C13H19N5O. The third-order valence-electron chi connectivity index (χ3n) is 3.69. The largest absolute Gasteiger partial charge is 0.361 e. The first-order valence-corrected chi connectivity index (χ1v) is 6.82. The van der Waals surface area contributed by atoms with Crippen molar-refractivity contribution in [2.24, 2.45) is 0 Å². The highest BCUT2D eigenvalue weighted by molar-refractivity contribution is 5.10. The van der Waals surface area contributed by atoms with Crippen molar-refractivity contribution in [3.63, 3.8) is 0 Å². The molecule has 0 spiro atoms. The number of hydrogen-bond acceptors (Lipinski definition) is 5. The van der Waals surface area contributed by atoms with Crippen molar-refractivity contribution in [1.29, 1.82) is 0 Å². The van der Waals surface area contributed by atoms with Crippen molar-refractivity contribution >= 4 is 0 Å². The summed E-state index contributed by atoms with van der Waals surface area (Å²) in [5.74, 6) is 1.90. The second kappa shape index (κ2) is 5.13. The zero-order valence-electron chi connectivity index (χ0n) is 11.4. The minimum absolute atomic E-state index is 0.347. The molecule has 19 heavy (non-hydrogen) atoms. The Kier molecular flexibility index (Phi) is 3.33. The molecule has 1 aliphatic rings. The van der Waals surface area contributed by atoms with Gasteiger partial charge < -0.3 is 4.52 Å². The molecule has 0 aliphatic carbocycles. The van der Waals surface area contributed by atoms with E-state index >= 15 is 0 Å². The fourth-order valence-electron chi connectivity index (χ4n) is 2.75. The van der Waals surface area contributed by atoms with Gasteiger partial charge in [0.2, 0.25) is 0 Å². The van der Waals surface area contributed by atoms with Crippen molar-refractivity contribution < 1.29 is 4.52 Å². The summed E-state index contributed by atoms with van der Waals surface area (Å²) in [6.45, 7) is 6.78. The van der Waals surface area contributed by atoms with E-state index in [0.717, 1.165) is 43.3 Å². The van der Waals surface area contributed by atoms with E-state index in [2.05, 4.69) is 27.1 Å². The molecule has 1 unspecified atom stereocenters. The highest BCUT2D eigenvalue weighted by Crippen LogP contribution is 2.32. The fourth-order valence-corrected chi connectivity index (χ4v) is 2.75. The predicted octanol–water partition coefficient (Wildman–Crippen LogP) is 1.93. The summed E-state index contributed by atoms with van der Waals surface area (Å²) in [5.41, 5.74) is 1.04. The predicted molar refractivity (Wildman–Crippen MR) is 69.3 cm³/mol. The van der Waals surface area contributed by atoms with Crippen molar-refractivity contribution in [2.75, 3.05) is 6.54 Å². The second-order valence-corrected chi connectivity index (χ2v) is 4.98. The minimum Gasteiger partial charge on any atom is -0.361 e. The van der Waals surface area contributed by atoms with Crippen molar-refractivity contribution in [3.05, 3.63) is 29.7 Å². The lowest BCUT2D eigenvalue weighted by Gasteiger charge is -2.22. The maximum absolute atomic E-state index is 5.20. The summed E-state index contributed by atoms with van der Waals surface area (Å²) in [6.07, 6.45) is 3.95. The highest BCUT2D eigenvalue weighted by Gasteiger charge is 2.29. The molecule has 1 fully saturated rings. The van der Waals surface area contributed by atoms with Crippen molar-refractivity contribution in [2.45, 2.75) is 45.8 Å². The zero-order valence-corrected chi connectivity index (χ0v) is 11.4. The summed E-state index contributed by atoms with van der Waals surface area (Å²) in [4.78, 5) is 6.76. The summed E-state index contributed by atoms with van der Waals surface area (Å²) in [7, 11) is 0. The van der Waals surface area contributed by atoms with Gasteiger partial charge in [-0.15, -0.1) is 0 Å². The van der Waals surface area contributed by atoms with E-state index in [1.54, 1.807) is 6.33 Å². The zero-order chi connectivity index (χ0) is 13.2. The van der Waals surface area contributed by atoms with Gasteiger partial charge in [0.25, 0.3) is 0 Å². The van der Waals surface area contributed by atoms with E-state index in [0.29, 0.717) is 6.04 Å². The molecule has 1 saturated heterocycles. The molecule has 3 rings (SSSR count). The molecule has 0 aromatic carbocycles. The molecule has 0 N–H and O–H groups in total. The third kappa shape index (κ3) is 2.40. The molecule has 1 aliphatic heterocycles. The lowest BCUT2D eigenvalue weighted by molar-refractivity contribution is 0.227. The van der Waals surface area contributed by atoms with Gasteiger partial charge >= 0.3 is 0 Å². The minimum atomic E-state index is 0.347. The van der Waals surface area contributed by atoms with Gasteiger partial charge in [0.1, 0.15) is 23.6 Å². The Labute approximate surface area is 112 Å². The van der Waals surface area contributed by atoms with Crippen LogP contribution in [0.5, 0.6) is 0 Å². The second-order valence-electron chi connectivity index (χ2n) is 4.98. The van der Waals surface area contributed by atoms with Crippen molar-refractivity contribution in [1.82, 2.24) is 24.8 Å². The fraction of sp³-hybridized carbons (Fsp3) is 0.615. The van der Waals surface area contributed by atoms with Crippen LogP contribution < -0.4 is 0 Å². The summed E-state index contributed by atoms with van der Waals surface area (Å²) < 4.78 is 7.14. The van der Waals surface area contributed by atoms with E-state index < -0.39 is 0 Å². The Morgan fingerprint density at radius 2 is 2.37 bits per heavy atom. The molecule has 0 amide bonds. The van der Waals surface area contributed by atoms with Crippen LogP contribution in [-0.2, 0) is 13.1 Å². The average molecular weight is 261 g/mol. The van der Waals surface area contributed by atoms with Crippen LogP contribution in [0.4, 0.5) is 0 Å². The number of aryl methyl sites for hydroxylation is 2. The highest BCUT2D eigenvalue weighted by atomic mass is 16.5. The summed E-state index contributed by atoms with van der Waals surface area (Å²) >= 11 is 0. The van der Waals surface area contributed by atoms with E-state index in [4.69, 9.17) is 4.52 Å². The van der Waals surface area contributed by atoms with Gasteiger partial charge in [0, 0.05) is 12.6 Å². The Balaban J connectivity index is 1.76. The van der Waals surface area contributed by atoms with E-state index in [9.17, 15) is 0 Å². The number of hydrogen-bond donors (Lipinski definition) is 0. The van der Waals surface area contributed by atoms with Crippen LogP contribution in [0.25, 0.3) is 0 Å². The van der Waals surface area contributed by atoms with Crippen LogP contribution in [0, 0.1) is 6.92 Å². The number of nitrogens with zero attached hydrogens (tertiary/aromatic N) is 5. The molecule has 2 aromatic rings. The Hall–Kier alpha value is -1.69. The van der Waals surface area contributed by atoms with Gasteiger partial charge in [0.15, 0.2) is 0 Å². The Bertz CT molecular complexity index is 547. The summed E-state index contributed by atoms with van der Waals surface area (Å²) in [6, 6.07) is 2.38. The molecule has 0 radical (unpaired) electrons. The Morgan fingerprint density at radius 3 is 3.11 bits per heavy atom. The maximum atomic E-state index is 5.20. The van der Waals surface area contributed by atoms with Crippen LogP contribution >= 0.6 is 0 Å². The van der Waals surface area contributed by atoms with Gasteiger partial charge in [-0.2, -0.15) is 5.10 Å². The topological polar surface area (TPSA) is 60.0 Å². The quantitative estimate of drug-likeness (QED) is 0.841. The van der Waals surface area contributed by atoms with Crippen LogP contribution in [0.2, 0.25) is 0 Å². The number of likely N-dealkylation sites (tertiary alicyclic amines) is 1. The normalized spacial score (nSPS) is 20.2. The van der Waals surface area contributed by atoms with Gasteiger partial charge in [-0.05, 0) is 33.2 Å². The molecule has 0 bridgehead atoms. The number of rotatable bonds is 4. The SMILES string of the molecule is CCn1ncnc1CN1CCCC1c1cc(C)on1. The van der Waals surface area contributed by atoms with Crippen LogP contribution in [0.15, 0.2) is 16.9 Å². The first-order valence-electron chi connectivity index (χ1n) is 6.82. The lowest BCUT2D eigenvalue weighted by Crippen LogP contribution is -2.25.